The fourth-order valence-electron chi connectivity index (χ4n) is 2.46. The van der Waals surface area contributed by atoms with E-state index in [1.165, 1.54) is 6.33 Å². The summed E-state index contributed by atoms with van der Waals surface area (Å²) in [6.07, 6.45) is 3.70. The van der Waals surface area contributed by atoms with Gasteiger partial charge in [0.25, 0.3) is 0 Å². The van der Waals surface area contributed by atoms with Crippen LogP contribution >= 0.6 is 0 Å². The maximum Gasteiger partial charge on any atom is 0.224 e. The fourth-order valence-corrected chi connectivity index (χ4v) is 2.46. The van der Waals surface area contributed by atoms with Crippen LogP contribution in [0.25, 0.3) is 11.0 Å². The van der Waals surface area contributed by atoms with Crippen LogP contribution in [0.4, 0.5) is 0 Å². The van der Waals surface area contributed by atoms with Crippen LogP contribution in [-0.4, -0.2) is 44.3 Å². The Hall–Kier alpha value is -2.90. The Labute approximate surface area is 139 Å². The molecule has 0 radical (unpaired) electrons. The Morgan fingerprint density at radius 1 is 1.46 bits per heavy atom. The zero-order valence-corrected chi connectivity index (χ0v) is 13.7. The molecule has 0 saturated heterocycles. The molecule has 24 heavy (non-hydrogen) atoms. The summed E-state index contributed by atoms with van der Waals surface area (Å²) >= 11 is 0. The molecule has 2 aromatic heterocycles. The Bertz CT molecular complexity index is 811. The number of aromatic nitrogens is 5. The highest BCUT2D eigenvalue weighted by Gasteiger charge is 2.13. The van der Waals surface area contributed by atoms with Gasteiger partial charge in [0.1, 0.15) is 24.2 Å². The second kappa shape index (κ2) is 7.12. The molecule has 8 heteroatoms. The lowest BCUT2D eigenvalue weighted by Gasteiger charge is -2.11. The molecule has 0 aliphatic heterocycles. The van der Waals surface area contributed by atoms with Crippen LogP contribution in [0.3, 0.4) is 0 Å². The Kier molecular flexibility index (Phi) is 4.74. The van der Waals surface area contributed by atoms with Gasteiger partial charge in [-0.15, -0.1) is 0 Å². The lowest BCUT2D eigenvalue weighted by molar-refractivity contribution is -0.124. The number of aromatic amines is 1. The number of nitrogens with one attached hydrogen (secondary N) is 2. The normalized spacial score (nSPS) is 12.2. The van der Waals surface area contributed by atoms with Crippen LogP contribution in [0.15, 0.2) is 30.9 Å². The fraction of sp³-hybridized carbons (Fsp3) is 0.375. The number of rotatable bonds is 7. The van der Waals surface area contributed by atoms with Crippen molar-refractivity contribution >= 4 is 16.9 Å². The lowest BCUT2D eigenvalue weighted by atomic mass is 10.1. The first kappa shape index (κ1) is 16.0. The summed E-state index contributed by atoms with van der Waals surface area (Å²) in [5.74, 6) is 1.44. The number of fused-ring (bicyclic) bond motifs is 1. The van der Waals surface area contributed by atoms with Crippen molar-refractivity contribution in [3.8, 4) is 5.75 Å². The van der Waals surface area contributed by atoms with Crippen molar-refractivity contribution in [1.29, 1.82) is 0 Å². The van der Waals surface area contributed by atoms with E-state index in [2.05, 4.69) is 25.4 Å². The van der Waals surface area contributed by atoms with Gasteiger partial charge in [-0.3, -0.25) is 9.48 Å². The van der Waals surface area contributed by atoms with E-state index in [9.17, 15) is 4.79 Å². The second-order valence-corrected chi connectivity index (χ2v) is 5.63. The summed E-state index contributed by atoms with van der Waals surface area (Å²) in [5.41, 5.74) is 1.81. The molecular formula is C16H20N6O2. The highest BCUT2D eigenvalue weighted by Crippen LogP contribution is 2.18. The minimum Gasteiger partial charge on any atom is -0.497 e. The molecule has 126 valence electrons. The zero-order valence-electron chi connectivity index (χ0n) is 13.7. The van der Waals surface area contributed by atoms with E-state index in [0.29, 0.717) is 19.5 Å². The molecule has 0 saturated carbocycles. The quantitative estimate of drug-likeness (QED) is 0.678. The number of hydrogen-bond donors (Lipinski definition) is 2. The van der Waals surface area contributed by atoms with Gasteiger partial charge in [-0.05, 0) is 12.1 Å². The Morgan fingerprint density at radius 3 is 3.08 bits per heavy atom. The molecule has 3 aromatic rings. The standard InChI is InChI=1S/C16H20N6O2/c1-11(8-22-10-17-9-19-22)16(23)18-6-5-15-20-13-4-3-12(24-2)7-14(13)21-15/h3-4,7,9-11H,5-6,8H2,1-2H3,(H,18,23)(H,20,21). The maximum absolute atomic E-state index is 12.1. The third-order valence-corrected chi connectivity index (χ3v) is 3.77. The topological polar surface area (TPSA) is 97.7 Å². The van der Waals surface area contributed by atoms with E-state index in [1.54, 1.807) is 18.1 Å². The van der Waals surface area contributed by atoms with Crippen LogP contribution in [0.5, 0.6) is 5.75 Å². The second-order valence-electron chi connectivity index (χ2n) is 5.63. The number of hydrogen-bond acceptors (Lipinski definition) is 5. The number of carbonyl (C=O) groups is 1. The van der Waals surface area contributed by atoms with Crippen LogP contribution < -0.4 is 10.1 Å². The molecule has 8 nitrogen and oxygen atoms in total. The molecule has 1 amide bonds. The monoisotopic (exact) mass is 328 g/mol. The molecule has 0 bridgehead atoms. The Balaban J connectivity index is 1.51. The lowest BCUT2D eigenvalue weighted by Crippen LogP contribution is -2.33. The van der Waals surface area contributed by atoms with Crippen molar-refractivity contribution in [2.75, 3.05) is 13.7 Å². The summed E-state index contributed by atoms with van der Waals surface area (Å²) in [4.78, 5) is 23.7. The smallest absolute Gasteiger partial charge is 0.224 e. The highest BCUT2D eigenvalue weighted by atomic mass is 16.5. The largest absolute Gasteiger partial charge is 0.497 e. The number of H-pyrrole nitrogens is 1. The molecule has 0 aliphatic rings. The molecule has 0 aliphatic carbocycles. The van der Waals surface area contributed by atoms with Gasteiger partial charge in [-0.25, -0.2) is 9.97 Å². The molecule has 0 fully saturated rings. The molecular weight excluding hydrogens is 308 g/mol. The van der Waals surface area contributed by atoms with Gasteiger partial charge in [0.05, 0.1) is 30.6 Å². The van der Waals surface area contributed by atoms with Gasteiger partial charge in [-0.1, -0.05) is 6.92 Å². The summed E-state index contributed by atoms with van der Waals surface area (Å²) < 4.78 is 6.85. The van der Waals surface area contributed by atoms with Gasteiger partial charge in [0.15, 0.2) is 0 Å². The number of ether oxygens (including phenoxy) is 1. The average molecular weight is 328 g/mol. The average Bonchev–Trinajstić information content (AvgIpc) is 3.22. The summed E-state index contributed by atoms with van der Waals surface area (Å²) in [6.45, 7) is 2.90. The number of nitrogens with zero attached hydrogens (tertiary/aromatic N) is 4. The first-order valence-corrected chi connectivity index (χ1v) is 7.78. The number of carbonyl (C=O) groups excluding carboxylic acids is 1. The SMILES string of the molecule is COc1ccc2nc(CCNC(=O)C(C)Cn3cncn3)[nH]c2c1. The van der Waals surface area contributed by atoms with Crippen molar-refractivity contribution in [3.05, 3.63) is 36.7 Å². The number of amides is 1. The van der Waals surface area contributed by atoms with Crippen LogP contribution in [-0.2, 0) is 17.8 Å². The van der Waals surface area contributed by atoms with E-state index in [0.717, 1.165) is 22.6 Å². The van der Waals surface area contributed by atoms with Crippen molar-refractivity contribution in [2.24, 2.45) is 5.92 Å². The molecule has 1 unspecified atom stereocenters. The molecule has 2 heterocycles. The highest BCUT2D eigenvalue weighted by molar-refractivity contribution is 5.78. The van der Waals surface area contributed by atoms with Gasteiger partial charge in [0, 0.05) is 19.0 Å². The van der Waals surface area contributed by atoms with E-state index in [1.807, 2.05) is 25.1 Å². The van der Waals surface area contributed by atoms with Crippen molar-refractivity contribution in [1.82, 2.24) is 30.0 Å². The molecule has 3 rings (SSSR count). The number of benzene rings is 1. The van der Waals surface area contributed by atoms with E-state index < -0.39 is 0 Å². The Morgan fingerprint density at radius 2 is 2.33 bits per heavy atom. The first-order valence-electron chi connectivity index (χ1n) is 7.78. The predicted octanol–water partition coefficient (Wildman–Crippen LogP) is 1.16. The van der Waals surface area contributed by atoms with E-state index in [-0.39, 0.29) is 11.8 Å². The number of methoxy groups -OCH3 is 1. The van der Waals surface area contributed by atoms with Gasteiger partial charge < -0.3 is 15.0 Å². The van der Waals surface area contributed by atoms with Crippen molar-refractivity contribution < 1.29 is 9.53 Å². The zero-order chi connectivity index (χ0) is 16.9. The summed E-state index contributed by atoms with van der Waals surface area (Å²) in [5, 5.41) is 6.93. The van der Waals surface area contributed by atoms with Crippen LogP contribution in [0.2, 0.25) is 0 Å². The van der Waals surface area contributed by atoms with Crippen molar-refractivity contribution in [3.63, 3.8) is 0 Å². The molecule has 2 N–H and O–H groups in total. The van der Waals surface area contributed by atoms with Gasteiger partial charge in [-0.2, -0.15) is 5.10 Å². The van der Waals surface area contributed by atoms with Gasteiger partial charge >= 0.3 is 0 Å². The minimum atomic E-state index is -0.174. The molecule has 1 atom stereocenters. The maximum atomic E-state index is 12.1. The van der Waals surface area contributed by atoms with E-state index in [4.69, 9.17) is 4.74 Å². The summed E-state index contributed by atoms with van der Waals surface area (Å²) in [7, 11) is 1.63. The van der Waals surface area contributed by atoms with Crippen molar-refractivity contribution in [2.45, 2.75) is 19.9 Å². The third kappa shape index (κ3) is 3.70. The first-order chi connectivity index (χ1) is 11.7. The van der Waals surface area contributed by atoms with Crippen LogP contribution in [0.1, 0.15) is 12.7 Å². The third-order valence-electron chi connectivity index (χ3n) is 3.77. The number of imidazole rings is 1. The minimum absolute atomic E-state index is 0.0109. The molecule has 1 aromatic carbocycles. The van der Waals surface area contributed by atoms with Crippen LogP contribution in [0, 0.1) is 5.92 Å². The predicted molar refractivity (Wildman–Crippen MR) is 88.5 cm³/mol. The van der Waals surface area contributed by atoms with Gasteiger partial charge in [0.2, 0.25) is 5.91 Å². The van der Waals surface area contributed by atoms with E-state index >= 15 is 0 Å². The summed E-state index contributed by atoms with van der Waals surface area (Å²) in [6, 6.07) is 5.69. The molecule has 0 spiro atoms.